The highest BCUT2D eigenvalue weighted by Gasteiger charge is 2.34. The largest absolute Gasteiger partial charge is 0.339 e. The normalized spacial score (nSPS) is 17.5. The Labute approximate surface area is 147 Å². The predicted octanol–water partition coefficient (Wildman–Crippen LogP) is 2.00. The number of benzene rings is 1. The fraction of sp³-hybridized carbons (Fsp3) is 0.294. The Kier molecular flexibility index (Phi) is 4.88. The smallest absolute Gasteiger partial charge is 0.246 e. The molecule has 0 spiro atoms. The second kappa shape index (κ2) is 7.09. The van der Waals surface area contributed by atoms with Crippen molar-refractivity contribution in [1.82, 2.24) is 14.2 Å². The van der Waals surface area contributed by atoms with Crippen molar-refractivity contribution in [1.29, 1.82) is 5.26 Å². The maximum Gasteiger partial charge on any atom is 0.246 e. The first-order chi connectivity index (χ1) is 12.0. The first-order valence-corrected chi connectivity index (χ1v) is 9.36. The van der Waals surface area contributed by atoms with Gasteiger partial charge in [-0.1, -0.05) is 18.2 Å². The van der Waals surface area contributed by atoms with Crippen molar-refractivity contribution in [3.8, 4) is 6.19 Å². The van der Waals surface area contributed by atoms with E-state index in [1.54, 1.807) is 30.3 Å². The fourth-order valence-corrected chi connectivity index (χ4v) is 4.31. The van der Waals surface area contributed by atoms with E-state index in [9.17, 15) is 8.42 Å². The van der Waals surface area contributed by atoms with Crippen LogP contribution in [0.5, 0.6) is 0 Å². The van der Waals surface area contributed by atoms with Crippen LogP contribution < -0.4 is 5.32 Å². The molecule has 0 radical (unpaired) electrons. The number of hydrogen-bond acceptors (Lipinski definition) is 6. The van der Waals surface area contributed by atoms with Crippen molar-refractivity contribution in [2.45, 2.75) is 17.4 Å². The van der Waals surface area contributed by atoms with Gasteiger partial charge in [-0.25, -0.2) is 13.4 Å². The number of nitriles is 1. The van der Waals surface area contributed by atoms with Crippen molar-refractivity contribution >= 4 is 21.5 Å². The molecule has 1 fully saturated rings. The molecule has 1 saturated heterocycles. The van der Waals surface area contributed by atoms with E-state index in [2.05, 4.69) is 16.5 Å². The molecule has 7 nitrogen and oxygen atoms in total. The van der Waals surface area contributed by atoms with Gasteiger partial charge in [0.1, 0.15) is 4.90 Å². The van der Waals surface area contributed by atoms with Crippen LogP contribution in [0.2, 0.25) is 0 Å². The molecule has 2 heterocycles. The highest BCUT2D eigenvalue weighted by Crippen LogP contribution is 2.27. The minimum Gasteiger partial charge on any atom is -0.339 e. The van der Waals surface area contributed by atoms with E-state index in [0.717, 1.165) is 5.69 Å². The first-order valence-electron chi connectivity index (χ1n) is 7.92. The van der Waals surface area contributed by atoms with E-state index in [-0.39, 0.29) is 16.8 Å². The molecule has 130 valence electrons. The van der Waals surface area contributed by atoms with E-state index in [4.69, 9.17) is 5.26 Å². The minimum absolute atomic E-state index is 0.122. The summed E-state index contributed by atoms with van der Waals surface area (Å²) in [6.45, 7) is 0.983. The molecule has 0 bridgehead atoms. The summed E-state index contributed by atoms with van der Waals surface area (Å²) in [6, 6.07) is 12.2. The molecule has 1 atom stereocenters. The lowest BCUT2D eigenvalue weighted by Gasteiger charge is -2.24. The number of rotatable bonds is 5. The third kappa shape index (κ3) is 3.57. The van der Waals surface area contributed by atoms with Crippen LogP contribution in [0, 0.1) is 11.5 Å². The molecule has 3 rings (SSSR count). The molecule has 0 amide bonds. The van der Waals surface area contributed by atoms with Gasteiger partial charge in [-0.05, 0) is 30.7 Å². The molecule has 1 aliphatic rings. The molecule has 1 N–H and O–H groups in total. The number of anilines is 2. The minimum atomic E-state index is -3.73. The third-order valence-corrected chi connectivity index (χ3v) is 6.22. The first kappa shape index (κ1) is 17.2. The van der Waals surface area contributed by atoms with Gasteiger partial charge in [-0.15, -0.1) is 0 Å². The zero-order valence-electron chi connectivity index (χ0n) is 13.8. The number of pyridine rings is 1. The number of hydrogen-bond donors (Lipinski definition) is 1. The van der Waals surface area contributed by atoms with Crippen molar-refractivity contribution in [3.63, 3.8) is 0 Å². The van der Waals surface area contributed by atoms with Gasteiger partial charge in [0.25, 0.3) is 0 Å². The lowest BCUT2D eigenvalue weighted by Crippen LogP contribution is -2.38. The number of nitrogens with one attached hydrogen (secondary N) is 1. The molecule has 0 aliphatic carbocycles. The zero-order valence-corrected chi connectivity index (χ0v) is 14.6. The van der Waals surface area contributed by atoms with Crippen LogP contribution in [0.25, 0.3) is 0 Å². The van der Waals surface area contributed by atoms with Gasteiger partial charge in [-0.2, -0.15) is 9.57 Å². The van der Waals surface area contributed by atoms with Gasteiger partial charge in [0.2, 0.25) is 10.0 Å². The van der Waals surface area contributed by atoms with Gasteiger partial charge in [0.05, 0.1) is 0 Å². The monoisotopic (exact) mass is 357 g/mol. The Balaban J connectivity index is 1.89. The summed E-state index contributed by atoms with van der Waals surface area (Å²) in [5.41, 5.74) is 0.761. The maximum absolute atomic E-state index is 13.1. The van der Waals surface area contributed by atoms with Crippen LogP contribution in [0.4, 0.5) is 11.5 Å². The van der Waals surface area contributed by atoms with Crippen LogP contribution in [-0.2, 0) is 10.0 Å². The number of sulfonamides is 1. The van der Waals surface area contributed by atoms with E-state index in [0.29, 0.717) is 19.5 Å². The summed E-state index contributed by atoms with van der Waals surface area (Å²) >= 11 is 0. The predicted molar refractivity (Wildman–Crippen MR) is 94.5 cm³/mol. The second-order valence-corrected chi connectivity index (χ2v) is 7.82. The van der Waals surface area contributed by atoms with Gasteiger partial charge in [0, 0.05) is 38.1 Å². The summed E-state index contributed by atoms with van der Waals surface area (Å²) in [6.07, 6.45) is 4.25. The van der Waals surface area contributed by atoms with Crippen LogP contribution in [-0.4, -0.2) is 48.8 Å². The van der Waals surface area contributed by atoms with Crippen LogP contribution >= 0.6 is 0 Å². The summed E-state index contributed by atoms with van der Waals surface area (Å²) in [4.78, 5) is 5.90. The lowest BCUT2D eigenvalue weighted by molar-refractivity contribution is 0.365. The Morgan fingerprint density at radius 2 is 2.04 bits per heavy atom. The highest BCUT2D eigenvalue weighted by atomic mass is 32.2. The highest BCUT2D eigenvalue weighted by molar-refractivity contribution is 7.89. The Hall–Kier alpha value is -2.63. The molecule has 8 heteroatoms. The lowest BCUT2D eigenvalue weighted by atomic mass is 10.3. The van der Waals surface area contributed by atoms with Crippen LogP contribution in [0.3, 0.4) is 0 Å². The number of likely N-dealkylation sites (N-methyl/N-ethyl adjacent to an activating group) is 1. The van der Waals surface area contributed by atoms with Crippen molar-refractivity contribution < 1.29 is 8.42 Å². The van der Waals surface area contributed by atoms with E-state index in [1.807, 2.05) is 30.3 Å². The van der Waals surface area contributed by atoms with Crippen molar-refractivity contribution in [2.75, 3.05) is 25.5 Å². The van der Waals surface area contributed by atoms with Crippen LogP contribution in [0.15, 0.2) is 53.6 Å². The number of likely N-dealkylation sites (tertiary alicyclic amines) is 1. The Morgan fingerprint density at radius 1 is 1.28 bits per heavy atom. The Bertz CT molecular complexity index is 879. The van der Waals surface area contributed by atoms with E-state index < -0.39 is 10.0 Å². The molecule has 1 aromatic carbocycles. The molecule has 2 aromatic rings. The summed E-state index contributed by atoms with van der Waals surface area (Å²) < 4.78 is 27.5. The molecular weight excluding hydrogens is 338 g/mol. The van der Waals surface area contributed by atoms with Crippen molar-refractivity contribution in [2.24, 2.45) is 0 Å². The fourth-order valence-electron chi connectivity index (χ4n) is 2.83. The number of para-hydroxylation sites is 1. The third-order valence-electron chi connectivity index (χ3n) is 4.28. The van der Waals surface area contributed by atoms with Crippen molar-refractivity contribution in [3.05, 3.63) is 48.7 Å². The average Bonchev–Trinajstić information content (AvgIpc) is 3.11. The Morgan fingerprint density at radius 3 is 2.72 bits per heavy atom. The maximum atomic E-state index is 13.1. The summed E-state index contributed by atoms with van der Waals surface area (Å²) in [7, 11) is -2.18. The topological polar surface area (TPSA) is 89.3 Å². The molecule has 0 unspecified atom stereocenters. The molecule has 1 aliphatic heterocycles. The number of nitrogens with zero attached hydrogens (tertiary/aromatic N) is 4. The molecular formula is C17H19N5O2S. The molecule has 0 saturated carbocycles. The average molecular weight is 357 g/mol. The zero-order chi connectivity index (χ0) is 17.9. The van der Waals surface area contributed by atoms with E-state index in [1.165, 1.54) is 4.31 Å². The van der Waals surface area contributed by atoms with Crippen LogP contribution in [0.1, 0.15) is 6.42 Å². The van der Waals surface area contributed by atoms with Gasteiger partial charge in [-0.3, -0.25) is 0 Å². The standard InChI is InChI=1S/C17H19N5O2S/c1-21(15-9-11-22(12-15)13-18)25(23,24)16-8-5-10-19-17(16)20-14-6-3-2-4-7-14/h2-8,10,15H,9,11-12H2,1H3,(H,19,20)/t15-/m0/s1. The van der Waals surface area contributed by atoms with Gasteiger partial charge >= 0.3 is 0 Å². The molecule has 25 heavy (non-hydrogen) atoms. The van der Waals surface area contributed by atoms with Gasteiger partial charge < -0.3 is 10.2 Å². The second-order valence-electron chi connectivity index (χ2n) is 5.85. The summed E-state index contributed by atoms with van der Waals surface area (Å²) in [5.74, 6) is 0.288. The van der Waals surface area contributed by atoms with Gasteiger partial charge in [0.15, 0.2) is 12.0 Å². The summed E-state index contributed by atoms with van der Waals surface area (Å²) in [5, 5.41) is 12.0. The number of aromatic nitrogens is 1. The SMILES string of the molecule is CN([C@H]1CCN(C#N)C1)S(=O)(=O)c1cccnc1Nc1ccccc1. The quantitative estimate of drug-likeness (QED) is 0.823. The van der Waals surface area contributed by atoms with E-state index >= 15 is 0 Å². The molecule has 1 aromatic heterocycles.